The molecule has 1 amide bonds. The second-order valence-electron chi connectivity index (χ2n) is 5.94. The maximum Gasteiger partial charge on any atom is 0.353 e. The van der Waals surface area contributed by atoms with E-state index in [9.17, 15) is 19.8 Å². The number of aliphatic carboxylic acids is 1. The Morgan fingerprint density at radius 2 is 2.20 bits per heavy atom. The number of hydrogen-bond donors (Lipinski definition) is 4. The predicted molar refractivity (Wildman–Crippen MR) is 91.9 cm³/mol. The zero-order valence-electron chi connectivity index (χ0n) is 13.8. The van der Waals surface area contributed by atoms with Gasteiger partial charge in [-0.3, -0.25) is 9.79 Å². The first-order valence-electron chi connectivity index (χ1n) is 7.85. The molecular weight excluding hydrogens is 346 g/mol. The standard InChI is InChI=1S/C15H21N5O4S/c1-7(21)9-10-8(3-5-19-15(17)18)12(25-6-2-4-16)11(14(23)24)20(10)13(9)22/h7-10,21H,2-3,5-6H2,1H3,(H,23,24)(H4,17,18,19)/t7-,8-,9+,10-/m1/s1. The van der Waals surface area contributed by atoms with Crippen molar-refractivity contribution in [3.63, 3.8) is 0 Å². The Morgan fingerprint density at radius 1 is 1.52 bits per heavy atom. The van der Waals surface area contributed by atoms with E-state index in [2.05, 4.69) is 4.99 Å². The minimum atomic E-state index is -1.19. The summed E-state index contributed by atoms with van der Waals surface area (Å²) < 4.78 is 0. The van der Waals surface area contributed by atoms with Gasteiger partial charge in [0.25, 0.3) is 0 Å². The van der Waals surface area contributed by atoms with Crippen molar-refractivity contribution in [2.45, 2.75) is 31.9 Å². The van der Waals surface area contributed by atoms with Crippen LogP contribution >= 0.6 is 11.8 Å². The molecule has 0 aromatic carbocycles. The van der Waals surface area contributed by atoms with Crippen molar-refractivity contribution in [2.24, 2.45) is 28.3 Å². The van der Waals surface area contributed by atoms with Crippen LogP contribution in [0.5, 0.6) is 0 Å². The average Bonchev–Trinajstić information content (AvgIpc) is 2.77. The molecule has 10 heteroatoms. The number of carbonyl (C=O) groups is 2. The first-order chi connectivity index (χ1) is 11.8. The number of hydrogen-bond acceptors (Lipinski definition) is 6. The number of carboxylic acids is 1. The molecule has 0 saturated carbocycles. The van der Waals surface area contributed by atoms with Crippen LogP contribution in [0.1, 0.15) is 19.8 Å². The summed E-state index contributed by atoms with van der Waals surface area (Å²) in [6, 6.07) is 1.60. The fraction of sp³-hybridized carbons (Fsp3) is 0.600. The number of β-lactam (4-membered cyclic amide) rings is 1. The Labute approximate surface area is 149 Å². The van der Waals surface area contributed by atoms with Crippen LogP contribution in [0.25, 0.3) is 0 Å². The van der Waals surface area contributed by atoms with Gasteiger partial charge in [0.2, 0.25) is 5.91 Å². The highest BCUT2D eigenvalue weighted by Gasteiger charge is 2.60. The normalized spacial score (nSPS) is 25.9. The number of thioether (sulfide) groups is 1. The van der Waals surface area contributed by atoms with Gasteiger partial charge in [-0.2, -0.15) is 5.26 Å². The monoisotopic (exact) mass is 367 g/mol. The Kier molecular flexibility index (Phi) is 5.92. The molecule has 0 spiro atoms. The Balaban J connectivity index is 2.34. The summed E-state index contributed by atoms with van der Waals surface area (Å²) in [7, 11) is 0. The lowest BCUT2D eigenvalue weighted by Crippen LogP contribution is -2.64. The van der Waals surface area contributed by atoms with Crippen LogP contribution in [0.2, 0.25) is 0 Å². The summed E-state index contributed by atoms with van der Waals surface area (Å²) in [4.78, 5) is 29.8. The number of guanidine groups is 1. The number of nitriles is 1. The molecule has 2 heterocycles. The molecule has 0 bridgehead atoms. The lowest BCUT2D eigenvalue weighted by atomic mass is 9.77. The van der Waals surface area contributed by atoms with Gasteiger partial charge in [-0.1, -0.05) is 0 Å². The number of rotatable bonds is 8. The zero-order chi connectivity index (χ0) is 18.7. The maximum absolute atomic E-state index is 12.3. The maximum atomic E-state index is 12.3. The molecule has 136 valence electrons. The van der Waals surface area contributed by atoms with Crippen molar-refractivity contribution in [1.82, 2.24) is 4.90 Å². The first-order valence-corrected chi connectivity index (χ1v) is 8.83. The molecule has 2 aliphatic heterocycles. The topological polar surface area (TPSA) is 166 Å². The molecule has 2 rings (SSSR count). The van der Waals surface area contributed by atoms with Crippen molar-refractivity contribution in [1.29, 1.82) is 5.26 Å². The van der Waals surface area contributed by atoms with Crippen molar-refractivity contribution in [3.8, 4) is 6.07 Å². The highest BCUT2D eigenvalue weighted by atomic mass is 32.2. The van der Waals surface area contributed by atoms with Crippen LogP contribution in [-0.2, 0) is 9.59 Å². The van der Waals surface area contributed by atoms with Crippen LogP contribution in [0.3, 0.4) is 0 Å². The minimum absolute atomic E-state index is 0.0514. The van der Waals surface area contributed by atoms with Gasteiger partial charge in [0.05, 0.1) is 24.1 Å². The van der Waals surface area contributed by atoms with Gasteiger partial charge in [0, 0.05) is 29.5 Å². The Bertz CT molecular complexity index is 665. The Morgan fingerprint density at radius 3 is 2.72 bits per heavy atom. The molecule has 1 saturated heterocycles. The number of carboxylic acid groups (broad SMARTS) is 1. The van der Waals surface area contributed by atoms with Crippen molar-refractivity contribution in [3.05, 3.63) is 10.6 Å². The van der Waals surface area contributed by atoms with Crippen molar-refractivity contribution < 1.29 is 19.8 Å². The number of nitrogens with zero attached hydrogens (tertiary/aromatic N) is 3. The van der Waals surface area contributed by atoms with Crippen LogP contribution in [0, 0.1) is 23.2 Å². The fourth-order valence-electron chi connectivity index (χ4n) is 3.39. The van der Waals surface area contributed by atoms with Gasteiger partial charge in [-0.05, 0) is 13.3 Å². The van der Waals surface area contributed by atoms with E-state index >= 15 is 0 Å². The molecule has 2 aliphatic rings. The molecule has 0 aromatic rings. The van der Waals surface area contributed by atoms with Gasteiger partial charge in [-0.25, -0.2) is 4.79 Å². The minimum Gasteiger partial charge on any atom is -0.477 e. The van der Waals surface area contributed by atoms with Crippen LogP contribution in [0.4, 0.5) is 0 Å². The van der Waals surface area contributed by atoms with Gasteiger partial charge in [0.1, 0.15) is 5.70 Å². The number of carbonyl (C=O) groups excluding carboxylic acids is 1. The molecule has 0 aromatic heterocycles. The molecule has 1 fully saturated rings. The van der Waals surface area contributed by atoms with E-state index in [1.807, 2.05) is 6.07 Å². The van der Waals surface area contributed by atoms with Gasteiger partial charge in [-0.15, -0.1) is 11.8 Å². The molecule has 0 unspecified atom stereocenters. The summed E-state index contributed by atoms with van der Waals surface area (Å²) in [5.41, 5.74) is 10.6. The molecular formula is C15H21N5O4S. The molecule has 4 atom stereocenters. The average molecular weight is 367 g/mol. The van der Waals surface area contributed by atoms with Crippen LogP contribution in [-0.4, -0.2) is 57.4 Å². The predicted octanol–water partition coefficient (Wildman–Crippen LogP) is -0.569. The third-order valence-corrected chi connectivity index (χ3v) is 5.56. The summed E-state index contributed by atoms with van der Waals surface area (Å²) in [6.45, 7) is 1.81. The summed E-state index contributed by atoms with van der Waals surface area (Å²) in [5, 5.41) is 28.2. The van der Waals surface area contributed by atoms with Crippen molar-refractivity contribution in [2.75, 3.05) is 12.3 Å². The fourth-order valence-corrected chi connectivity index (χ4v) is 4.59. The number of nitrogens with two attached hydrogens (primary N) is 2. The molecule has 0 radical (unpaired) electrons. The molecule has 0 aliphatic carbocycles. The van der Waals surface area contributed by atoms with Crippen LogP contribution in [0.15, 0.2) is 15.6 Å². The smallest absolute Gasteiger partial charge is 0.353 e. The third kappa shape index (κ3) is 3.57. The summed E-state index contributed by atoms with van der Waals surface area (Å²) >= 11 is 1.27. The number of fused-ring (bicyclic) bond motifs is 1. The van der Waals surface area contributed by atoms with Gasteiger partial charge < -0.3 is 26.6 Å². The Hall–Kier alpha value is -2.25. The second-order valence-corrected chi connectivity index (χ2v) is 7.08. The van der Waals surface area contributed by atoms with E-state index in [4.69, 9.17) is 16.7 Å². The zero-order valence-corrected chi connectivity index (χ0v) is 14.6. The highest BCUT2D eigenvalue weighted by molar-refractivity contribution is 8.03. The lowest BCUT2D eigenvalue weighted by molar-refractivity contribution is -0.163. The van der Waals surface area contributed by atoms with Crippen LogP contribution < -0.4 is 11.5 Å². The van der Waals surface area contributed by atoms with E-state index in [0.29, 0.717) is 17.1 Å². The highest BCUT2D eigenvalue weighted by Crippen LogP contribution is 2.51. The molecule has 6 N–H and O–H groups in total. The molecule has 25 heavy (non-hydrogen) atoms. The number of amides is 1. The number of aliphatic imine (C=N–C) groups is 1. The van der Waals surface area contributed by atoms with E-state index < -0.39 is 24.0 Å². The first kappa shape index (κ1) is 19.1. The van der Waals surface area contributed by atoms with Gasteiger partial charge in [0.15, 0.2) is 5.96 Å². The number of aliphatic hydroxyl groups excluding tert-OH is 1. The van der Waals surface area contributed by atoms with Gasteiger partial charge >= 0.3 is 5.97 Å². The summed E-state index contributed by atoms with van der Waals surface area (Å²) in [5.74, 6) is -2.14. The SMILES string of the molecule is C[C@@H](O)[C@@H]1C(=O)N2C(C(=O)O)=C(SCCC#N)[C@H](CCN=C(N)N)[C@H]12. The van der Waals surface area contributed by atoms with Crippen molar-refractivity contribution >= 4 is 29.6 Å². The number of aliphatic hydroxyl groups is 1. The van der Waals surface area contributed by atoms with E-state index in [0.717, 1.165) is 0 Å². The molecule has 9 nitrogen and oxygen atoms in total. The summed E-state index contributed by atoms with van der Waals surface area (Å²) in [6.07, 6.45) is -0.167. The lowest BCUT2D eigenvalue weighted by Gasteiger charge is -2.47. The van der Waals surface area contributed by atoms with E-state index in [1.165, 1.54) is 23.6 Å². The second kappa shape index (κ2) is 7.76. The van der Waals surface area contributed by atoms with E-state index in [-0.39, 0.29) is 36.4 Å². The van der Waals surface area contributed by atoms with E-state index in [1.54, 1.807) is 0 Å². The third-order valence-electron chi connectivity index (χ3n) is 4.34. The largest absolute Gasteiger partial charge is 0.477 e. The quantitative estimate of drug-likeness (QED) is 0.191.